The summed E-state index contributed by atoms with van der Waals surface area (Å²) in [5.74, 6) is 0.637. The maximum absolute atomic E-state index is 5.00. The summed E-state index contributed by atoms with van der Waals surface area (Å²) in [6.45, 7) is 2.97. The summed E-state index contributed by atoms with van der Waals surface area (Å²) in [6.07, 6.45) is 1.78. The number of hydrogen-bond acceptors (Lipinski definition) is 4. The highest BCUT2D eigenvalue weighted by atomic mass is 32.1. The van der Waals surface area contributed by atoms with Gasteiger partial charge in [-0.15, -0.1) is 11.3 Å². The summed E-state index contributed by atoms with van der Waals surface area (Å²) in [4.78, 5) is 5.50. The number of rotatable bonds is 4. The molecular weight excluding hydrogens is 220 g/mol. The van der Waals surface area contributed by atoms with Crippen LogP contribution in [0, 0.1) is 6.92 Å². The minimum atomic E-state index is 0.637. The molecule has 2 aromatic heterocycles. The number of ether oxygens (including phenoxy) is 1. The molecule has 0 amide bonds. The third-order valence-electron chi connectivity index (χ3n) is 2.37. The first-order chi connectivity index (χ1) is 7.79. The van der Waals surface area contributed by atoms with Crippen molar-refractivity contribution in [3.8, 4) is 5.88 Å². The van der Waals surface area contributed by atoms with Gasteiger partial charge in [0.25, 0.3) is 0 Å². The smallest absolute Gasteiger partial charge is 0.213 e. The average molecular weight is 234 g/mol. The Bertz CT molecular complexity index is 450. The van der Waals surface area contributed by atoms with E-state index in [9.17, 15) is 0 Å². The highest BCUT2D eigenvalue weighted by Crippen LogP contribution is 2.18. The molecule has 0 radical (unpaired) electrons. The van der Waals surface area contributed by atoms with Gasteiger partial charge in [0.15, 0.2) is 0 Å². The highest BCUT2D eigenvalue weighted by molar-refractivity contribution is 7.10. The Hall–Kier alpha value is -1.55. The molecule has 0 aromatic carbocycles. The number of methoxy groups -OCH3 is 1. The Morgan fingerprint density at radius 1 is 1.38 bits per heavy atom. The molecule has 0 aliphatic heterocycles. The van der Waals surface area contributed by atoms with E-state index in [1.807, 2.05) is 12.1 Å². The number of aryl methyl sites for hydroxylation is 1. The van der Waals surface area contributed by atoms with Crippen LogP contribution in [0.25, 0.3) is 0 Å². The lowest BCUT2D eigenvalue weighted by atomic mass is 10.3. The third kappa shape index (κ3) is 2.52. The van der Waals surface area contributed by atoms with E-state index in [0.29, 0.717) is 5.88 Å². The molecule has 84 valence electrons. The van der Waals surface area contributed by atoms with Crippen LogP contribution in [-0.4, -0.2) is 12.1 Å². The molecule has 0 bridgehead atoms. The molecule has 0 saturated carbocycles. The van der Waals surface area contributed by atoms with Crippen LogP contribution < -0.4 is 10.1 Å². The van der Waals surface area contributed by atoms with E-state index in [-0.39, 0.29) is 0 Å². The van der Waals surface area contributed by atoms with E-state index in [1.54, 1.807) is 24.6 Å². The van der Waals surface area contributed by atoms with E-state index >= 15 is 0 Å². The number of nitrogens with one attached hydrogen (secondary N) is 1. The second kappa shape index (κ2) is 4.99. The van der Waals surface area contributed by atoms with Crippen LogP contribution in [0.4, 0.5) is 5.69 Å². The average Bonchev–Trinajstić information content (AvgIpc) is 2.73. The van der Waals surface area contributed by atoms with E-state index in [2.05, 4.69) is 28.7 Å². The van der Waals surface area contributed by atoms with Crippen LogP contribution in [0.3, 0.4) is 0 Å². The summed E-state index contributed by atoms with van der Waals surface area (Å²) in [7, 11) is 1.62. The summed E-state index contributed by atoms with van der Waals surface area (Å²) < 4.78 is 5.00. The topological polar surface area (TPSA) is 34.1 Å². The summed E-state index contributed by atoms with van der Waals surface area (Å²) >= 11 is 1.77. The lowest BCUT2D eigenvalue weighted by molar-refractivity contribution is 0.398. The number of aromatic nitrogens is 1. The normalized spacial score (nSPS) is 10.1. The molecule has 0 unspecified atom stereocenters. The zero-order valence-corrected chi connectivity index (χ0v) is 10.2. The lowest BCUT2D eigenvalue weighted by Gasteiger charge is -2.06. The monoisotopic (exact) mass is 234 g/mol. The lowest BCUT2D eigenvalue weighted by Crippen LogP contribution is -1.99. The van der Waals surface area contributed by atoms with Crippen molar-refractivity contribution in [1.82, 2.24) is 4.98 Å². The van der Waals surface area contributed by atoms with Gasteiger partial charge in [-0.1, -0.05) is 0 Å². The standard InChI is InChI=1S/C12H14N2OS/c1-9-5-6-16-11(9)8-13-10-3-4-12(15-2)14-7-10/h3-7,13H,8H2,1-2H3. The molecule has 2 heterocycles. The fourth-order valence-corrected chi connectivity index (χ4v) is 2.22. The van der Waals surface area contributed by atoms with Gasteiger partial charge in [0.2, 0.25) is 5.88 Å². The van der Waals surface area contributed by atoms with Crippen molar-refractivity contribution in [1.29, 1.82) is 0 Å². The number of anilines is 1. The molecule has 2 rings (SSSR count). The molecular formula is C12H14N2OS. The van der Waals surface area contributed by atoms with E-state index in [0.717, 1.165) is 12.2 Å². The van der Waals surface area contributed by atoms with Crippen molar-refractivity contribution in [2.75, 3.05) is 12.4 Å². The Morgan fingerprint density at radius 2 is 2.25 bits per heavy atom. The summed E-state index contributed by atoms with van der Waals surface area (Å²) in [5.41, 5.74) is 2.34. The van der Waals surface area contributed by atoms with Gasteiger partial charge in [-0.3, -0.25) is 0 Å². The quantitative estimate of drug-likeness (QED) is 0.882. The second-order valence-electron chi connectivity index (χ2n) is 3.47. The van der Waals surface area contributed by atoms with Gasteiger partial charge in [-0.2, -0.15) is 0 Å². The number of nitrogens with zero attached hydrogens (tertiary/aromatic N) is 1. The summed E-state index contributed by atoms with van der Waals surface area (Å²) in [5, 5.41) is 5.44. The van der Waals surface area contributed by atoms with E-state index < -0.39 is 0 Å². The van der Waals surface area contributed by atoms with Gasteiger partial charge in [-0.25, -0.2) is 4.98 Å². The molecule has 0 fully saturated rings. The van der Waals surface area contributed by atoms with Crippen molar-refractivity contribution < 1.29 is 4.74 Å². The van der Waals surface area contributed by atoms with Crippen LogP contribution in [0.15, 0.2) is 29.8 Å². The first kappa shape index (κ1) is 11.0. The molecule has 3 nitrogen and oxygen atoms in total. The first-order valence-corrected chi connectivity index (χ1v) is 5.94. The Kier molecular flexibility index (Phi) is 3.41. The first-order valence-electron chi connectivity index (χ1n) is 5.06. The Balaban J connectivity index is 1.97. The van der Waals surface area contributed by atoms with Crippen LogP contribution in [0.5, 0.6) is 5.88 Å². The molecule has 4 heteroatoms. The Labute approximate surface area is 99.1 Å². The highest BCUT2D eigenvalue weighted by Gasteiger charge is 2.00. The van der Waals surface area contributed by atoms with Gasteiger partial charge in [0.1, 0.15) is 0 Å². The second-order valence-corrected chi connectivity index (χ2v) is 4.47. The number of hydrogen-bond donors (Lipinski definition) is 1. The van der Waals surface area contributed by atoms with Crippen LogP contribution in [-0.2, 0) is 6.54 Å². The molecule has 0 saturated heterocycles. The van der Waals surface area contributed by atoms with Crippen LogP contribution >= 0.6 is 11.3 Å². The fraction of sp³-hybridized carbons (Fsp3) is 0.250. The fourth-order valence-electron chi connectivity index (χ4n) is 1.37. The summed E-state index contributed by atoms with van der Waals surface area (Å²) in [6, 6.07) is 5.95. The van der Waals surface area contributed by atoms with Gasteiger partial charge in [0.05, 0.1) is 19.0 Å². The van der Waals surface area contributed by atoms with Crippen molar-refractivity contribution in [3.05, 3.63) is 40.2 Å². The van der Waals surface area contributed by atoms with Crippen molar-refractivity contribution in [2.24, 2.45) is 0 Å². The van der Waals surface area contributed by atoms with Crippen molar-refractivity contribution in [3.63, 3.8) is 0 Å². The van der Waals surface area contributed by atoms with Crippen molar-refractivity contribution in [2.45, 2.75) is 13.5 Å². The molecule has 0 spiro atoms. The molecule has 0 aliphatic carbocycles. The van der Waals surface area contributed by atoms with E-state index in [4.69, 9.17) is 4.74 Å². The molecule has 2 aromatic rings. The van der Waals surface area contributed by atoms with Gasteiger partial charge in [0, 0.05) is 17.5 Å². The molecule has 0 atom stereocenters. The zero-order valence-electron chi connectivity index (χ0n) is 9.36. The van der Waals surface area contributed by atoms with Crippen LogP contribution in [0.1, 0.15) is 10.4 Å². The Morgan fingerprint density at radius 3 is 2.81 bits per heavy atom. The molecule has 1 N–H and O–H groups in total. The van der Waals surface area contributed by atoms with Gasteiger partial charge < -0.3 is 10.1 Å². The predicted molar refractivity (Wildman–Crippen MR) is 67.2 cm³/mol. The molecule has 16 heavy (non-hydrogen) atoms. The minimum Gasteiger partial charge on any atom is -0.481 e. The van der Waals surface area contributed by atoms with Gasteiger partial charge in [-0.05, 0) is 30.0 Å². The maximum Gasteiger partial charge on any atom is 0.213 e. The largest absolute Gasteiger partial charge is 0.481 e. The molecule has 0 aliphatic rings. The van der Waals surface area contributed by atoms with E-state index in [1.165, 1.54) is 10.4 Å². The predicted octanol–water partition coefficient (Wildman–Crippen LogP) is 3.07. The minimum absolute atomic E-state index is 0.637. The SMILES string of the molecule is COc1ccc(NCc2sccc2C)cn1. The van der Waals surface area contributed by atoms with Crippen molar-refractivity contribution >= 4 is 17.0 Å². The zero-order chi connectivity index (χ0) is 11.4. The van der Waals surface area contributed by atoms with Gasteiger partial charge >= 0.3 is 0 Å². The third-order valence-corrected chi connectivity index (χ3v) is 3.39. The number of thiophene rings is 1. The van der Waals surface area contributed by atoms with Crippen LogP contribution in [0.2, 0.25) is 0 Å². The number of pyridine rings is 1. The maximum atomic E-state index is 5.00.